The first-order chi connectivity index (χ1) is 9.13. The van der Waals surface area contributed by atoms with Crippen LogP contribution in [0.4, 0.5) is 11.4 Å². The zero-order valence-corrected chi connectivity index (χ0v) is 10.5. The van der Waals surface area contributed by atoms with Gasteiger partial charge in [-0.15, -0.1) is 0 Å². The Morgan fingerprint density at radius 1 is 1.32 bits per heavy atom. The van der Waals surface area contributed by atoms with Crippen molar-refractivity contribution in [1.29, 1.82) is 0 Å². The molecule has 0 fully saturated rings. The monoisotopic (exact) mass is 264 g/mol. The smallest absolute Gasteiger partial charge is 0.269 e. The van der Waals surface area contributed by atoms with E-state index >= 15 is 0 Å². The van der Waals surface area contributed by atoms with Crippen LogP contribution in [0.15, 0.2) is 18.2 Å². The lowest BCUT2D eigenvalue weighted by Crippen LogP contribution is -2.27. The topological polar surface area (TPSA) is 83.7 Å². The van der Waals surface area contributed by atoms with Crippen LogP contribution < -0.4 is 4.90 Å². The van der Waals surface area contributed by atoms with Crippen molar-refractivity contribution < 1.29 is 14.8 Å². The second-order valence-corrected chi connectivity index (χ2v) is 4.58. The predicted molar refractivity (Wildman–Crippen MR) is 70.1 cm³/mol. The summed E-state index contributed by atoms with van der Waals surface area (Å²) in [5, 5.41) is 19.4. The summed E-state index contributed by atoms with van der Waals surface area (Å²) < 4.78 is 0. The van der Waals surface area contributed by atoms with Gasteiger partial charge >= 0.3 is 0 Å². The molecule has 1 heterocycles. The third-order valence-electron chi connectivity index (χ3n) is 3.25. The van der Waals surface area contributed by atoms with Crippen LogP contribution in [0.5, 0.6) is 0 Å². The highest BCUT2D eigenvalue weighted by molar-refractivity contribution is 6.01. The van der Waals surface area contributed by atoms with Crippen LogP contribution in [-0.2, 0) is 11.2 Å². The summed E-state index contributed by atoms with van der Waals surface area (Å²) >= 11 is 0. The Balaban J connectivity index is 2.09. The maximum absolute atomic E-state index is 11.9. The predicted octanol–water partition coefficient (Wildman–Crippen LogP) is 1.65. The average Bonchev–Trinajstić information content (AvgIpc) is 2.69. The number of nitro groups is 1. The molecule has 1 aliphatic rings. The first-order valence-corrected chi connectivity index (χ1v) is 6.32. The van der Waals surface area contributed by atoms with Crippen molar-refractivity contribution >= 4 is 17.3 Å². The minimum absolute atomic E-state index is 0.0144. The van der Waals surface area contributed by atoms with Crippen molar-refractivity contribution in [1.82, 2.24) is 0 Å². The summed E-state index contributed by atoms with van der Waals surface area (Å²) in [5.41, 5.74) is 1.52. The quantitative estimate of drug-likeness (QED) is 0.481. The summed E-state index contributed by atoms with van der Waals surface area (Å²) in [6.07, 6.45) is 2.65. The lowest BCUT2D eigenvalue weighted by atomic mass is 10.1. The highest BCUT2D eigenvalue weighted by atomic mass is 16.6. The number of benzene rings is 1. The van der Waals surface area contributed by atoms with Gasteiger partial charge in [0.05, 0.1) is 11.3 Å². The molecule has 0 bridgehead atoms. The number of anilines is 1. The summed E-state index contributed by atoms with van der Waals surface area (Å²) in [6.45, 7) is 0.764. The Kier molecular flexibility index (Phi) is 4.11. The molecule has 1 amide bonds. The van der Waals surface area contributed by atoms with Crippen molar-refractivity contribution in [3.8, 4) is 0 Å². The lowest BCUT2D eigenvalue weighted by Gasteiger charge is -2.17. The summed E-state index contributed by atoms with van der Waals surface area (Å²) in [4.78, 5) is 23.8. The number of amides is 1. The van der Waals surface area contributed by atoms with Gasteiger partial charge in [0.15, 0.2) is 0 Å². The molecule has 0 aliphatic carbocycles. The number of rotatable bonds is 6. The Hall–Kier alpha value is -1.95. The molecule has 6 heteroatoms. The number of nitro benzene ring substituents is 1. The van der Waals surface area contributed by atoms with Gasteiger partial charge in [-0.25, -0.2) is 0 Å². The number of aliphatic hydroxyl groups is 1. The summed E-state index contributed by atoms with van der Waals surface area (Å²) in [5.74, 6) is -0.0144. The molecule has 2 rings (SSSR count). The van der Waals surface area contributed by atoms with Gasteiger partial charge < -0.3 is 10.0 Å². The number of hydrogen-bond donors (Lipinski definition) is 1. The lowest BCUT2D eigenvalue weighted by molar-refractivity contribution is -0.384. The number of unbranched alkanes of at least 4 members (excludes halogenated alkanes) is 2. The number of hydrogen-bond acceptors (Lipinski definition) is 4. The van der Waals surface area contributed by atoms with E-state index in [1.165, 1.54) is 12.1 Å². The van der Waals surface area contributed by atoms with Crippen LogP contribution in [0, 0.1) is 10.1 Å². The van der Waals surface area contributed by atoms with E-state index in [1.807, 2.05) is 0 Å². The fraction of sp³-hybridized carbons (Fsp3) is 0.462. The van der Waals surface area contributed by atoms with E-state index in [0.29, 0.717) is 6.54 Å². The van der Waals surface area contributed by atoms with Crippen LogP contribution >= 0.6 is 0 Å². The molecular formula is C13H16N2O4. The van der Waals surface area contributed by atoms with Gasteiger partial charge in [0.1, 0.15) is 0 Å². The highest BCUT2D eigenvalue weighted by Gasteiger charge is 2.28. The van der Waals surface area contributed by atoms with E-state index in [4.69, 9.17) is 5.11 Å². The summed E-state index contributed by atoms with van der Waals surface area (Å²) in [6, 6.07) is 4.55. The Morgan fingerprint density at radius 3 is 2.79 bits per heavy atom. The normalized spacial score (nSPS) is 13.7. The highest BCUT2D eigenvalue weighted by Crippen LogP contribution is 2.32. The van der Waals surface area contributed by atoms with Gasteiger partial charge in [-0.2, -0.15) is 0 Å². The molecule has 1 N–H and O–H groups in total. The second kappa shape index (κ2) is 5.79. The van der Waals surface area contributed by atoms with Crippen molar-refractivity contribution in [2.24, 2.45) is 0 Å². The fourth-order valence-corrected chi connectivity index (χ4v) is 2.29. The Labute approximate surface area is 110 Å². The van der Waals surface area contributed by atoms with E-state index in [-0.39, 0.29) is 24.6 Å². The van der Waals surface area contributed by atoms with E-state index in [2.05, 4.69) is 0 Å². The van der Waals surface area contributed by atoms with Crippen molar-refractivity contribution in [2.75, 3.05) is 18.1 Å². The Bertz CT molecular complexity index is 501. The van der Waals surface area contributed by atoms with E-state index in [0.717, 1.165) is 30.5 Å². The molecule has 6 nitrogen and oxygen atoms in total. The zero-order valence-electron chi connectivity index (χ0n) is 10.5. The van der Waals surface area contributed by atoms with Crippen LogP contribution in [0.2, 0.25) is 0 Å². The largest absolute Gasteiger partial charge is 0.396 e. The van der Waals surface area contributed by atoms with Crippen LogP contribution in [0.1, 0.15) is 24.8 Å². The average molecular weight is 264 g/mol. The molecule has 1 aromatic rings. The molecule has 0 aromatic heterocycles. The van der Waals surface area contributed by atoms with Crippen molar-refractivity contribution in [3.63, 3.8) is 0 Å². The number of nitrogens with zero attached hydrogens (tertiary/aromatic N) is 2. The third kappa shape index (κ3) is 2.90. The molecule has 0 atom stereocenters. The van der Waals surface area contributed by atoms with Crippen molar-refractivity contribution in [3.05, 3.63) is 33.9 Å². The third-order valence-corrected chi connectivity index (χ3v) is 3.25. The fourth-order valence-electron chi connectivity index (χ4n) is 2.29. The maximum Gasteiger partial charge on any atom is 0.269 e. The first kappa shape index (κ1) is 13.5. The number of carbonyl (C=O) groups excluding carboxylic acids is 1. The molecular weight excluding hydrogens is 248 g/mol. The minimum atomic E-state index is -0.450. The van der Waals surface area contributed by atoms with Gasteiger partial charge in [0.25, 0.3) is 5.69 Å². The number of aliphatic hydroxyl groups excluding tert-OH is 1. The zero-order chi connectivity index (χ0) is 13.8. The molecule has 19 heavy (non-hydrogen) atoms. The molecule has 102 valence electrons. The molecule has 0 radical (unpaired) electrons. The minimum Gasteiger partial charge on any atom is -0.396 e. The van der Waals surface area contributed by atoms with E-state index in [1.54, 1.807) is 11.0 Å². The first-order valence-electron chi connectivity index (χ1n) is 6.32. The standard InChI is InChI=1S/C13H16N2O4/c16-7-3-1-2-6-14-12-5-4-11(15(18)19)8-10(12)9-13(14)17/h4-5,8,16H,1-3,6-7,9H2. The van der Waals surface area contributed by atoms with Gasteiger partial charge in [-0.05, 0) is 30.9 Å². The van der Waals surface area contributed by atoms with Crippen molar-refractivity contribution in [2.45, 2.75) is 25.7 Å². The number of carbonyl (C=O) groups is 1. The van der Waals surface area contributed by atoms with Crippen LogP contribution in [-0.4, -0.2) is 29.1 Å². The number of fused-ring (bicyclic) bond motifs is 1. The van der Waals surface area contributed by atoms with Gasteiger partial charge in [-0.1, -0.05) is 0 Å². The maximum atomic E-state index is 11.9. The van der Waals surface area contributed by atoms with Gasteiger partial charge in [-0.3, -0.25) is 14.9 Å². The second-order valence-electron chi connectivity index (χ2n) is 4.58. The van der Waals surface area contributed by atoms with Crippen LogP contribution in [0.3, 0.4) is 0 Å². The summed E-state index contributed by atoms with van der Waals surface area (Å²) in [7, 11) is 0. The molecule has 0 spiro atoms. The number of non-ortho nitro benzene ring substituents is 1. The van der Waals surface area contributed by atoms with E-state index < -0.39 is 4.92 Å². The van der Waals surface area contributed by atoms with Gasteiger partial charge in [0, 0.05) is 31.0 Å². The molecule has 1 aromatic carbocycles. The molecule has 0 saturated carbocycles. The molecule has 0 saturated heterocycles. The SMILES string of the molecule is O=C1Cc2cc([N+](=O)[O-])ccc2N1CCCCCO. The Morgan fingerprint density at radius 2 is 2.11 bits per heavy atom. The molecule has 0 unspecified atom stereocenters. The van der Waals surface area contributed by atoms with Crippen LogP contribution in [0.25, 0.3) is 0 Å². The van der Waals surface area contributed by atoms with Gasteiger partial charge in [0.2, 0.25) is 5.91 Å². The van der Waals surface area contributed by atoms with E-state index in [9.17, 15) is 14.9 Å². The molecule has 1 aliphatic heterocycles.